The molecule has 0 saturated heterocycles. The maximum atomic E-state index is 11.7. The Hall–Kier alpha value is -2.09. The van der Waals surface area contributed by atoms with Crippen molar-refractivity contribution < 1.29 is 27.9 Å². The molecule has 7 nitrogen and oxygen atoms in total. The molecule has 1 aromatic rings. The molecule has 0 aliphatic heterocycles. The second-order valence-electron chi connectivity index (χ2n) is 4.02. The minimum Gasteiger partial charge on any atom is -0.478 e. The minimum absolute atomic E-state index is 0.0687. The molecule has 0 spiro atoms. The van der Waals surface area contributed by atoms with Crippen molar-refractivity contribution in [3.8, 4) is 0 Å². The van der Waals surface area contributed by atoms with Gasteiger partial charge in [-0.05, 0) is 26.0 Å². The smallest absolute Gasteiger partial charge is 0.337 e. The van der Waals surface area contributed by atoms with Gasteiger partial charge in [0.1, 0.15) is 0 Å². The van der Waals surface area contributed by atoms with Crippen LogP contribution < -0.4 is 4.72 Å². The van der Waals surface area contributed by atoms with E-state index in [1.54, 1.807) is 19.9 Å². The minimum atomic E-state index is -4.01. The number of aromatic carboxylic acids is 1. The molecular weight excluding hydrogens is 286 g/mol. The number of anilines is 1. The Labute approximate surface area is 116 Å². The van der Waals surface area contributed by atoms with E-state index in [1.165, 1.54) is 12.1 Å². The van der Waals surface area contributed by atoms with E-state index < -0.39 is 27.7 Å². The molecule has 0 radical (unpaired) electrons. The first-order valence-electron chi connectivity index (χ1n) is 5.75. The number of nitrogens with one attached hydrogen (secondary N) is 1. The van der Waals surface area contributed by atoms with Gasteiger partial charge in [-0.1, -0.05) is 11.6 Å². The Bertz CT molecular complexity index is 623. The highest BCUT2D eigenvalue weighted by Gasteiger charge is 2.20. The van der Waals surface area contributed by atoms with Crippen LogP contribution in [0.2, 0.25) is 0 Å². The summed E-state index contributed by atoms with van der Waals surface area (Å²) in [6.07, 6.45) is 0. The number of carboxylic acid groups (broad SMARTS) is 1. The van der Waals surface area contributed by atoms with Crippen LogP contribution in [0.1, 0.15) is 22.8 Å². The van der Waals surface area contributed by atoms with E-state index in [9.17, 15) is 18.0 Å². The Kier molecular flexibility index (Phi) is 5.09. The average molecular weight is 301 g/mol. The van der Waals surface area contributed by atoms with Crippen molar-refractivity contribution in [3.63, 3.8) is 0 Å². The Morgan fingerprint density at radius 2 is 2.00 bits per heavy atom. The highest BCUT2D eigenvalue weighted by molar-refractivity contribution is 7.93. The third kappa shape index (κ3) is 4.54. The number of rotatable bonds is 6. The van der Waals surface area contributed by atoms with Crippen LogP contribution in [-0.4, -0.2) is 37.8 Å². The largest absolute Gasteiger partial charge is 0.478 e. The lowest BCUT2D eigenvalue weighted by Crippen LogP contribution is -2.25. The van der Waals surface area contributed by atoms with Gasteiger partial charge in [0.2, 0.25) is 10.0 Å². The number of aryl methyl sites for hydroxylation is 1. The van der Waals surface area contributed by atoms with Crippen molar-refractivity contribution in [2.45, 2.75) is 13.8 Å². The van der Waals surface area contributed by atoms with Crippen LogP contribution in [0.4, 0.5) is 5.69 Å². The highest BCUT2D eigenvalue weighted by Crippen LogP contribution is 2.19. The number of benzene rings is 1. The first-order valence-corrected chi connectivity index (χ1v) is 7.40. The van der Waals surface area contributed by atoms with Gasteiger partial charge in [-0.25, -0.2) is 13.2 Å². The summed E-state index contributed by atoms with van der Waals surface area (Å²) in [5.41, 5.74) is 0.403. The molecule has 0 unspecified atom stereocenters. The number of sulfonamides is 1. The molecular formula is C12H15NO6S. The van der Waals surface area contributed by atoms with Crippen molar-refractivity contribution in [1.82, 2.24) is 0 Å². The van der Waals surface area contributed by atoms with Gasteiger partial charge in [0.25, 0.3) is 0 Å². The first kappa shape index (κ1) is 16.0. The standard InChI is InChI=1S/C12H15NO6S/c1-3-19-11(14)7-20(17,18)13-10-5-4-8(2)6-9(10)12(15)16/h4-6,13H,3,7H2,1-2H3,(H,15,16). The molecule has 0 aliphatic rings. The average Bonchev–Trinajstić information content (AvgIpc) is 2.30. The lowest BCUT2D eigenvalue weighted by Gasteiger charge is -2.10. The monoisotopic (exact) mass is 301 g/mol. The van der Waals surface area contributed by atoms with Gasteiger partial charge in [0.15, 0.2) is 5.75 Å². The fourth-order valence-corrected chi connectivity index (χ4v) is 2.46. The van der Waals surface area contributed by atoms with Crippen molar-refractivity contribution in [2.24, 2.45) is 0 Å². The van der Waals surface area contributed by atoms with Gasteiger partial charge in [-0.2, -0.15) is 0 Å². The second kappa shape index (κ2) is 6.38. The normalized spacial score (nSPS) is 10.9. The van der Waals surface area contributed by atoms with E-state index in [0.717, 1.165) is 0 Å². The molecule has 110 valence electrons. The summed E-state index contributed by atoms with van der Waals surface area (Å²) in [6.45, 7) is 3.31. The van der Waals surface area contributed by atoms with Gasteiger partial charge >= 0.3 is 11.9 Å². The fourth-order valence-electron chi connectivity index (χ4n) is 1.49. The second-order valence-corrected chi connectivity index (χ2v) is 5.74. The van der Waals surface area contributed by atoms with E-state index in [2.05, 4.69) is 9.46 Å². The molecule has 0 bridgehead atoms. The topological polar surface area (TPSA) is 110 Å². The molecule has 1 rings (SSSR count). The van der Waals surface area contributed by atoms with Crippen LogP contribution in [0.5, 0.6) is 0 Å². The zero-order valence-corrected chi connectivity index (χ0v) is 11.9. The SMILES string of the molecule is CCOC(=O)CS(=O)(=O)Nc1ccc(C)cc1C(=O)O. The van der Waals surface area contributed by atoms with Crippen LogP contribution in [-0.2, 0) is 19.6 Å². The predicted octanol–water partition coefficient (Wildman–Crippen LogP) is 0.998. The highest BCUT2D eigenvalue weighted by atomic mass is 32.2. The zero-order valence-electron chi connectivity index (χ0n) is 11.0. The van der Waals surface area contributed by atoms with Gasteiger partial charge in [0.05, 0.1) is 17.9 Å². The van der Waals surface area contributed by atoms with Crippen LogP contribution in [0, 0.1) is 6.92 Å². The summed E-state index contributed by atoms with van der Waals surface area (Å²) in [4.78, 5) is 22.2. The van der Waals surface area contributed by atoms with Crippen molar-refractivity contribution in [3.05, 3.63) is 29.3 Å². The summed E-state index contributed by atoms with van der Waals surface area (Å²) in [7, 11) is -4.01. The van der Waals surface area contributed by atoms with Crippen molar-refractivity contribution in [1.29, 1.82) is 0 Å². The van der Waals surface area contributed by atoms with Crippen LogP contribution in [0.15, 0.2) is 18.2 Å². The van der Waals surface area contributed by atoms with E-state index in [-0.39, 0.29) is 17.9 Å². The molecule has 1 aromatic carbocycles. The molecule has 0 aromatic heterocycles. The van der Waals surface area contributed by atoms with Crippen molar-refractivity contribution in [2.75, 3.05) is 17.1 Å². The van der Waals surface area contributed by atoms with Crippen LogP contribution in [0.25, 0.3) is 0 Å². The number of carbonyl (C=O) groups excluding carboxylic acids is 1. The van der Waals surface area contributed by atoms with Gasteiger partial charge < -0.3 is 9.84 Å². The first-order chi connectivity index (χ1) is 9.25. The van der Waals surface area contributed by atoms with Crippen LogP contribution in [0.3, 0.4) is 0 Å². The summed E-state index contributed by atoms with van der Waals surface area (Å²) < 4.78 is 30.1. The third-order valence-electron chi connectivity index (χ3n) is 2.28. The molecule has 20 heavy (non-hydrogen) atoms. The molecule has 0 amide bonds. The van der Waals surface area contributed by atoms with Crippen molar-refractivity contribution >= 4 is 27.6 Å². The Morgan fingerprint density at radius 1 is 1.35 bits per heavy atom. The number of esters is 1. The van der Waals surface area contributed by atoms with E-state index >= 15 is 0 Å². The van der Waals surface area contributed by atoms with E-state index in [1.807, 2.05) is 0 Å². The number of hydrogen-bond acceptors (Lipinski definition) is 5. The third-order valence-corrected chi connectivity index (χ3v) is 3.43. The predicted molar refractivity (Wildman–Crippen MR) is 72.2 cm³/mol. The summed E-state index contributed by atoms with van der Waals surface area (Å²) >= 11 is 0. The number of hydrogen-bond donors (Lipinski definition) is 2. The van der Waals surface area contributed by atoms with E-state index in [4.69, 9.17) is 5.11 Å². The fraction of sp³-hybridized carbons (Fsp3) is 0.333. The number of carboxylic acids is 1. The maximum Gasteiger partial charge on any atom is 0.337 e. The molecule has 0 aliphatic carbocycles. The summed E-state index contributed by atoms with van der Waals surface area (Å²) in [6, 6.07) is 4.24. The zero-order chi connectivity index (χ0) is 15.3. The van der Waals surface area contributed by atoms with E-state index in [0.29, 0.717) is 5.56 Å². The molecule has 8 heteroatoms. The number of carbonyl (C=O) groups is 2. The quantitative estimate of drug-likeness (QED) is 0.758. The Morgan fingerprint density at radius 3 is 2.55 bits per heavy atom. The van der Waals surface area contributed by atoms with Gasteiger partial charge in [0, 0.05) is 0 Å². The van der Waals surface area contributed by atoms with Crippen LogP contribution >= 0.6 is 0 Å². The van der Waals surface area contributed by atoms with Gasteiger partial charge in [-0.3, -0.25) is 9.52 Å². The number of ether oxygens (including phenoxy) is 1. The Balaban J connectivity index is 2.98. The van der Waals surface area contributed by atoms with Gasteiger partial charge in [-0.15, -0.1) is 0 Å². The summed E-state index contributed by atoms with van der Waals surface area (Å²) in [5, 5.41) is 9.03. The maximum absolute atomic E-state index is 11.7. The molecule has 0 saturated carbocycles. The molecule has 0 fully saturated rings. The molecule has 0 atom stereocenters. The lowest BCUT2D eigenvalue weighted by atomic mass is 10.1. The molecule has 0 heterocycles. The lowest BCUT2D eigenvalue weighted by molar-refractivity contribution is -0.139. The summed E-state index contributed by atoms with van der Waals surface area (Å²) in [5.74, 6) is -3.03. The molecule has 2 N–H and O–H groups in total.